The van der Waals surface area contributed by atoms with Crippen LogP contribution in [-0.2, 0) is 22.3 Å². The Morgan fingerprint density at radius 1 is 1.12 bits per heavy atom. The molecule has 33 heavy (non-hydrogen) atoms. The number of halogens is 3. The second-order valence-corrected chi connectivity index (χ2v) is 8.16. The van der Waals surface area contributed by atoms with E-state index in [1.807, 2.05) is 29.6 Å². The van der Waals surface area contributed by atoms with Crippen LogP contribution in [0.1, 0.15) is 28.4 Å². The Labute approximate surface area is 191 Å². The molecule has 2 aromatic carbocycles. The number of alkyl halides is 3. The van der Waals surface area contributed by atoms with Gasteiger partial charge in [-0.1, -0.05) is 36.4 Å². The van der Waals surface area contributed by atoms with Gasteiger partial charge in [0.25, 0.3) is 0 Å². The van der Waals surface area contributed by atoms with Crippen LogP contribution in [0.5, 0.6) is 0 Å². The largest absolute Gasteiger partial charge is 0.457 e. The number of fused-ring (bicyclic) bond motifs is 1. The average Bonchev–Trinajstić information content (AvgIpc) is 3.23. The smallest absolute Gasteiger partial charge is 0.416 e. The molecular weight excluding hydrogens is 451 g/mol. The maximum absolute atomic E-state index is 13.0. The SMILES string of the molecule is O=C(OCc1cccc(C(F)(F)F)c1)/C(=C\c1csc2ccccc12)C(O)c1cccnc1. The lowest BCUT2D eigenvalue weighted by Crippen LogP contribution is -2.15. The molecule has 0 aliphatic carbocycles. The highest BCUT2D eigenvalue weighted by Crippen LogP contribution is 2.32. The average molecular weight is 469 g/mol. The first-order valence-corrected chi connectivity index (χ1v) is 10.8. The van der Waals surface area contributed by atoms with Crippen molar-refractivity contribution in [1.82, 2.24) is 4.98 Å². The van der Waals surface area contributed by atoms with Crippen LogP contribution >= 0.6 is 11.3 Å². The molecule has 0 spiro atoms. The van der Waals surface area contributed by atoms with Crippen molar-refractivity contribution in [2.24, 2.45) is 0 Å². The molecule has 4 nitrogen and oxygen atoms in total. The van der Waals surface area contributed by atoms with Crippen LogP contribution in [0.2, 0.25) is 0 Å². The van der Waals surface area contributed by atoms with Gasteiger partial charge in [0.05, 0.1) is 11.1 Å². The molecule has 2 aromatic heterocycles. The van der Waals surface area contributed by atoms with E-state index in [0.717, 1.165) is 27.8 Å². The number of rotatable bonds is 6. The number of benzene rings is 2. The van der Waals surface area contributed by atoms with Crippen LogP contribution in [0.4, 0.5) is 13.2 Å². The van der Waals surface area contributed by atoms with Gasteiger partial charge < -0.3 is 9.84 Å². The minimum atomic E-state index is -4.50. The molecule has 0 saturated heterocycles. The maximum atomic E-state index is 13.0. The van der Waals surface area contributed by atoms with Gasteiger partial charge in [0.2, 0.25) is 0 Å². The zero-order chi connectivity index (χ0) is 23.4. The topological polar surface area (TPSA) is 59.4 Å². The Bertz CT molecular complexity index is 1300. The fourth-order valence-electron chi connectivity index (χ4n) is 3.31. The zero-order valence-corrected chi connectivity index (χ0v) is 17.9. The summed E-state index contributed by atoms with van der Waals surface area (Å²) in [5.74, 6) is -0.834. The first-order chi connectivity index (χ1) is 15.8. The molecule has 2 heterocycles. The van der Waals surface area contributed by atoms with Gasteiger partial charge >= 0.3 is 12.1 Å². The van der Waals surface area contributed by atoms with E-state index < -0.39 is 23.8 Å². The molecule has 4 aromatic rings. The number of ether oxygens (including phenoxy) is 1. The summed E-state index contributed by atoms with van der Waals surface area (Å²) in [7, 11) is 0. The standard InChI is InChI=1S/C25H18F3NO3S/c26-25(27,28)19-7-3-5-16(11-19)14-32-24(31)21(23(30)17-6-4-10-29-13-17)12-18-15-33-22-9-2-1-8-20(18)22/h1-13,15,23,30H,14H2/b21-12-. The number of aromatic nitrogens is 1. The first-order valence-electron chi connectivity index (χ1n) is 9.92. The van der Waals surface area contributed by atoms with Crippen molar-refractivity contribution in [3.63, 3.8) is 0 Å². The summed E-state index contributed by atoms with van der Waals surface area (Å²) >= 11 is 1.49. The van der Waals surface area contributed by atoms with Gasteiger partial charge in [-0.15, -0.1) is 11.3 Å². The normalized spacial score (nSPS) is 13.2. The first kappa shape index (κ1) is 22.7. The highest BCUT2D eigenvalue weighted by Gasteiger charge is 2.30. The Morgan fingerprint density at radius 2 is 1.94 bits per heavy atom. The van der Waals surface area contributed by atoms with Gasteiger partial charge in [0.15, 0.2) is 0 Å². The van der Waals surface area contributed by atoms with E-state index in [-0.39, 0.29) is 17.7 Å². The van der Waals surface area contributed by atoms with E-state index >= 15 is 0 Å². The molecular formula is C25H18F3NO3S. The van der Waals surface area contributed by atoms with Crippen LogP contribution in [0.15, 0.2) is 84.0 Å². The number of thiophene rings is 1. The molecule has 4 rings (SSSR count). The Hall–Kier alpha value is -3.49. The van der Waals surface area contributed by atoms with Crippen LogP contribution in [-0.4, -0.2) is 16.1 Å². The monoisotopic (exact) mass is 469 g/mol. The number of pyridine rings is 1. The van der Waals surface area contributed by atoms with E-state index in [0.29, 0.717) is 5.56 Å². The summed E-state index contributed by atoms with van der Waals surface area (Å²) in [4.78, 5) is 17.0. The van der Waals surface area contributed by atoms with Gasteiger partial charge in [-0.05, 0) is 52.2 Å². The van der Waals surface area contributed by atoms with Crippen molar-refractivity contribution in [3.05, 3.63) is 106 Å². The van der Waals surface area contributed by atoms with E-state index in [9.17, 15) is 23.1 Å². The zero-order valence-electron chi connectivity index (χ0n) is 17.1. The summed E-state index contributed by atoms with van der Waals surface area (Å²) in [6.07, 6.45) is -1.30. The number of aliphatic hydroxyl groups is 1. The van der Waals surface area contributed by atoms with Gasteiger partial charge in [0, 0.05) is 22.7 Å². The fraction of sp³-hybridized carbons (Fsp3) is 0.120. The second kappa shape index (κ2) is 9.56. The van der Waals surface area contributed by atoms with E-state index in [1.54, 1.807) is 18.2 Å². The summed E-state index contributed by atoms with van der Waals surface area (Å²) in [6.45, 7) is -0.371. The molecule has 0 saturated carbocycles. The van der Waals surface area contributed by atoms with Crippen LogP contribution < -0.4 is 0 Å². The molecule has 0 fully saturated rings. The van der Waals surface area contributed by atoms with Crippen LogP contribution in [0, 0.1) is 0 Å². The predicted octanol–water partition coefficient (Wildman–Crippen LogP) is 6.18. The predicted molar refractivity (Wildman–Crippen MR) is 120 cm³/mol. The van der Waals surface area contributed by atoms with Gasteiger partial charge in [0.1, 0.15) is 12.7 Å². The molecule has 0 aliphatic heterocycles. The molecule has 168 valence electrons. The second-order valence-electron chi connectivity index (χ2n) is 7.25. The lowest BCUT2D eigenvalue weighted by molar-refractivity contribution is -0.141. The molecule has 1 unspecified atom stereocenters. The van der Waals surface area contributed by atoms with Crippen LogP contribution in [0.3, 0.4) is 0 Å². The number of hydrogen-bond acceptors (Lipinski definition) is 5. The van der Waals surface area contributed by atoms with E-state index in [1.165, 1.54) is 35.9 Å². The number of carbonyl (C=O) groups is 1. The minimum Gasteiger partial charge on any atom is -0.457 e. The summed E-state index contributed by atoms with van der Waals surface area (Å²) in [6, 6.07) is 15.4. The quantitative estimate of drug-likeness (QED) is 0.271. The number of nitrogens with zero attached hydrogens (tertiary/aromatic N) is 1. The molecule has 1 N–H and O–H groups in total. The van der Waals surface area contributed by atoms with Gasteiger partial charge in [-0.25, -0.2) is 4.79 Å². The number of carbonyl (C=O) groups excluding carboxylic acids is 1. The number of esters is 1. The van der Waals surface area contributed by atoms with E-state index in [2.05, 4.69) is 4.98 Å². The highest BCUT2D eigenvalue weighted by atomic mass is 32.1. The molecule has 0 aliphatic rings. The Balaban J connectivity index is 1.64. The van der Waals surface area contributed by atoms with Crippen molar-refractivity contribution in [2.75, 3.05) is 0 Å². The van der Waals surface area contributed by atoms with Gasteiger partial charge in [-0.3, -0.25) is 4.98 Å². The van der Waals surface area contributed by atoms with Crippen molar-refractivity contribution in [1.29, 1.82) is 0 Å². The van der Waals surface area contributed by atoms with Crippen molar-refractivity contribution >= 4 is 33.5 Å². The lowest BCUT2D eigenvalue weighted by Gasteiger charge is -2.15. The maximum Gasteiger partial charge on any atom is 0.416 e. The Kier molecular flexibility index (Phi) is 6.57. The third-order valence-electron chi connectivity index (χ3n) is 4.98. The van der Waals surface area contributed by atoms with Gasteiger partial charge in [-0.2, -0.15) is 13.2 Å². The molecule has 8 heteroatoms. The van der Waals surface area contributed by atoms with Crippen molar-refractivity contribution in [3.8, 4) is 0 Å². The summed E-state index contributed by atoms with van der Waals surface area (Å²) in [5, 5.41) is 13.7. The highest BCUT2D eigenvalue weighted by molar-refractivity contribution is 7.17. The molecule has 0 amide bonds. The number of aliphatic hydroxyl groups excluding tert-OH is 1. The Morgan fingerprint density at radius 3 is 2.70 bits per heavy atom. The lowest BCUT2D eigenvalue weighted by atomic mass is 10.0. The summed E-state index contributed by atoms with van der Waals surface area (Å²) < 4.78 is 45.2. The van der Waals surface area contributed by atoms with Crippen LogP contribution in [0.25, 0.3) is 16.2 Å². The van der Waals surface area contributed by atoms with Crippen molar-refractivity contribution in [2.45, 2.75) is 18.9 Å². The van der Waals surface area contributed by atoms with E-state index in [4.69, 9.17) is 4.74 Å². The minimum absolute atomic E-state index is 0.0430. The summed E-state index contributed by atoms with van der Waals surface area (Å²) in [5.41, 5.74) is 0.434. The third kappa shape index (κ3) is 5.30. The fourth-order valence-corrected chi connectivity index (χ4v) is 4.23. The molecule has 0 bridgehead atoms. The van der Waals surface area contributed by atoms with Crippen molar-refractivity contribution < 1.29 is 27.8 Å². The molecule has 0 radical (unpaired) electrons. The molecule has 1 atom stereocenters. The number of hydrogen-bond donors (Lipinski definition) is 1. The third-order valence-corrected chi connectivity index (χ3v) is 5.96.